The molecule has 0 amide bonds. The van der Waals surface area contributed by atoms with E-state index in [1.807, 2.05) is 6.92 Å². The van der Waals surface area contributed by atoms with E-state index in [2.05, 4.69) is 13.2 Å². The number of hydrogen-bond donors (Lipinski definition) is 0. The zero-order valence-corrected chi connectivity index (χ0v) is 10.7. The molecule has 0 fully saturated rings. The fourth-order valence-corrected chi connectivity index (χ4v) is 0.900. The zero-order valence-electron chi connectivity index (χ0n) is 10.7. The third kappa shape index (κ3) is 7.33. The largest absolute Gasteiger partial charge is 0.462 e. The normalized spacial score (nSPS) is 11.5. The summed E-state index contributed by atoms with van der Waals surface area (Å²) in [5.41, 5.74) is 0.761. The first kappa shape index (κ1) is 15.4. The molecule has 0 saturated carbocycles. The summed E-state index contributed by atoms with van der Waals surface area (Å²) in [5.74, 6) is -0.650. The van der Waals surface area contributed by atoms with Gasteiger partial charge in [0.1, 0.15) is 0 Å². The zero-order chi connectivity index (χ0) is 13.4. The van der Waals surface area contributed by atoms with Crippen molar-refractivity contribution in [1.29, 1.82) is 0 Å². The Morgan fingerprint density at radius 1 is 1.06 bits per heavy atom. The second kappa shape index (κ2) is 7.65. The Kier molecular flexibility index (Phi) is 6.94. The van der Waals surface area contributed by atoms with E-state index in [-0.39, 0.29) is 5.92 Å². The van der Waals surface area contributed by atoms with Crippen molar-refractivity contribution < 1.29 is 19.1 Å². The minimum atomic E-state index is -0.393. The van der Waals surface area contributed by atoms with Crippen LogP contribution in [-0.4, -0.2) is 25.2 Å². The highest BCUT2D eigenvalue weighted by Crippen LogP contribution is 2.05. The van der Waals surface area contributed by atoms with Gasteiger partial charge in [0.25, 0.3) is 0 Å². The number of hydrogen-bond acceptors (Lipinski definition) is 4. The molecule has 0 radical (unpaired) electrons. The second-order valence-corrected chi connectivity index (χ2v) is 4.19. The first-order valence-electron chi connectivity index (χ1n) is 5.49. The average Bonchev–Trinajstić information content (AvgIpc) is 2.25. The first-order chi connectivity index (χ1) is 7.84. The number of ether oxygens (including phenoxy) is 2. The molecular weight excluding hydrogens is 220 g/mol. The van der Waals surface area contributed by atoms with Crippen LogP contribution in [0.4, 0.5) is 0 Å². The molecule has 0 N–H and O–H groups in total. The second-order valence-electron chi connectivity index (χ2n) is 4.19. The van der Waals surface area contributed by atoms with E-state index in [1.165, 1.54) is 0 Å². The lowest BCUT2D eigenvalue weighted by molar-refractivity contribution is -0.142. The summed E-state index contributed by atoms with van der Waals surface area (Å²) in [5, 5.41) is 0. The molecule has 0 aromatic heterocycles. The predicted octanol–water partition coefficient (Wildman–Crippen LogP) is 2.25. The maximum atomic E-state index is 11.1. The van der Waals surface area contributed by atoms with Crippen molar-refractivity contribution in [3.05, 3.63) is 24.3 Å². The molecule has 0 heterocycles. The molecule has 0 bridgehead atoms. The molecule has 96 valence electrons. The lowest BCUT2D eigenvalue weighted by atomic mass is 10.1. The van der Waals surface area contributed by atoms with Gasteiger partial charge in [-0.1, -0.05) is 20.1 Å². The van der Waals surface area contributed by atoms with Crippen LogP contribution in [0, 0.1) is 5.92 Å². The quantitative estimate of drug-likeness (QED) is 0.506. The van der Waals surface area contributed by atoms with Gasteiger partial charge in [0.15, 0.2) is 0 Å². The van der Waals surface area contributed by atoms with Gasteiger partial charge in [0.2, 0.25) is 0 Å². The van der Waals surface area contributed by atoms with Crippen LogP contribution in [0.2, 0.25) is 0 Å². The summed E-state index contributed by atoms with van der Waals surface area (Å²) in [6, 6.07) is 0. The van der Waals surface area contributed by atoms with Gasteiger partial charge in [-0.05, 0) is 26.2 Å². The van der Waals surface area contributed by atoms with E-state index in [0.29, 0.717) is 30.8 Å². The molecule has 0 rings (SSSR count). The topological polar surface area (TPSA) is 52.6 Å². The highest BCUT2D eigenvalue weighted by Gasteiger charge is 2.09. The van der Waals surface area contributed by atoms with E-state index in [9.17, 15) is 9.59 Å². The molecule has 1 atom stereocenters. The first-order valence-corrected chi connectivity index (χ1v) is 5.49. The van der Waals surface area contributed by atoms with Gasteiger partial charge in [-0.25, -0.2) is 9.59 Å². The maximum Gasteiger partial charge on any atom is 0.333 e. The van der Waals surface area contributed by atoms with Gasteiger partial charge in [-0.3, -0.25) is 0 Å². The Labute approximate surface area is 102 Å². The number of carbonyl (C=O) groups excluding carboxylic acids is 2. The summed E-state index contributed by atoms with van der Waals surface area (Å²) < 4.78 is 9.91. The Morgan fingerprint density at radius 2 is 1.53 bits per heavy atom. The van der Waals surface area contributed by atoms with Crippen molar-refractivity contribution >= 4 is 11.9 Å². The van der Waals surface area contributed by atoms with E-state index < -0.39 is 11.9 Å². The molecule has 0 aromatic carbocycles. The fraction of sp³-hybridized carbons (Fsp3) is 0.538. The predicted molar refractivity (Wildman–Crippen MR) is 65.3 cm³/mol. The molecular formula is C13H20O4. The van der Waals surface area contributed by atoms with Crippen LogP contribution >= 0.6 is 0 Å². The third-order valence-electron chi connectivity index (χ3n) is 2.04. The van der Waals surface area contributed by atoms with Crippen LogP contribution in [-0.2, 0) is 19.1 Å². The Morgan fingerprint density at radius 3 is 2.00 bits per heavy atom. The van der Waals surface area contributed by atoms with Crippen molar-refractivity contribution in [2.75, 3.05) is 13.2 Å². The van der Waals surface area contributed by atoms with Crippen molar-refractivity contribution in [2.45, 2.75) is 27.2 Å². The number of esters is 2. The van der Waals surface area contributed by atoms with Crippen LogP contribution in [0.3, 0.4) is 0 Å². The minimum Gasteiger partial charge on any atom is -0.462 e. The van der Waals surface area contributed by atoms with Crippen LogP contribution < -0.4 is 0 Å². The minimum absolute atomic E-state index is 0.135. The van der Waals surface area contributed by atoms with Crippen LogP contribution in [0.15, 0.2) is 24.3 Å². The molecule has 0 spiro atoms. The Balaban J connectivity index is 3.70. The maximum absolute atomic E-state index is 11.1. The molecule has 0 aliphatic carbocycles. The standard InChI is InChI=1S/C13H20O4/c1-9(2)12(14)16-7-6-11(5)8-17-13(15)10(3)4/h11H,1,3,6-8H2,2,4-5H3. The molecule has 0 aliphatic heterocycles. The third-order valence-corrected chi connectivity index (χ3v) is 2.04. The van der Waals surface area contributed by atoms with Crippen molar-refractivity contribution in [1.82, 2.24) is 0 Å². The van der Waals surface area contributed by atoms with Crippen LogP contribution in [0.5, 0.6) is 0 Å². The van der Waals surface area contributed by atoms with Crippen LogP contribution in [0.25, 0.3) is 0 Å². The van der Waals surface area contributed by atoms with Crippen molar-refractivity contribution in [2.24, 2.45) is 5.92 Å². The van der Waals surface area contributed by atoms with Gasteiger partial charge < -0.3 is 9.47 Å². The van der Waals surface area contributed by atoms with E-state index in [0.717, 1.165) is 0 Å². The lowest BCUT2D eigenvalue weighted by Gasteiger charge is -2.12. The van der Waals surface area contributed by atoms with Gasteiger partial charge >= 0.3 is 11.9 Å². The summed E-state index contributed by atoms with van der Waals surface area (Å²) in [6.07, 6.45) is 0.641. The molecule has 1 unspecified atom stereocenters. The number of carbonyl (C=O) groups is 2. The molecule has 4 heteroatoms. The summed E-state index contributed by atoms with van der Waals surface area (Å²) in [7, 11) is 0. The van der Waals surface area contributed by atoms with E-state index >= 15 is 0 Å². The van der Waals surface area contributed by atoms with Crippen LogP contribution in [0.1, 0.15) is 27.2 Å². The van der Waals surface area contributed by atoms with Gasteiger partial charge in [-0.2, -0.15) is 0 Å². The van der Waals surface area contributed by atoms with Crippen molar-refractivity contribution in [3.63, 3.8) is 0 Å². The summed E-state index contributed by atoms with van der Waals surface area (Å²) in [4.78, 5) is 22.2. The SMILES string of the molecule is C=C(C)C(=O)OCCC(C)COC(=O)C(=C)C. The monoisotopic (exact) mass is 240 g/mol. The van der Waals surface area contributed by atoms with Gasteiger partial charge in [0, 0.05) is 11.1 Å². The molecule has 0 aromatic rings. The fourth-order valence-electron chi connectivity index (χ4n) is 0.900. The number of rotatable bonds is 7. The summed E-state index contributed by atoms with van der Waals surface area (Å²) in [6.45, 7) is 12.7. The van der Waals surface area contributed by atoms with E-state index in [1.54, 1.807) is 13.8 Å². The highest BCUT2D eigenvalue weighted by molar-refractivity contribution is 5.87. The molecule has 4 nitrogen and oxygen atoms in total. The van der Waals surface area contributed by atoms with Crippen molar-refractivity contribution in [3.8, 4) is 0 Å². The van der Waals surface area contributed by atoms with E-state index in [4.69, 9.17) is 9.47 Å². The molecule has 0 aliphatic rings. The lowest BCUT2D eigenvalue weighted by Crippen LogP contribution is -2.15. The highest BCUT2D eigenvalue weighted by atomic mass is 16.5. The van der Waals surface area contributed by atoms with Gasteiger partial charge in [-0.15, -0.1) is 0 Å². The average molecular weight is 240 g/mol. The smallest absolute Gasteiger partial charge is 0.333 e. The molecule has 17 heavy (non-hydrogen) atoms. The molecule has 0 saturated heterocycles. The van der Waals surface area contributed by atoms with Gasteiger partial charge in [0.05, 0.1) is 13.2 Å². The Bertz CT molecular complexity index is 317. The summed E-state index contributed by atoms with van der Waals surface area (Å²) >= 11 is 0. The Hall–Kier alpha value is -1.58.